The van der Waals surface area contributed by atoms with Crippen molar-refractivity contribution in [1.82, 2.24) is 0 Å². The Bertz CT molecular complexity index is 576. The zero-order valence-electron chi connectivity index (χ0n) is 9.77. The average molecular weight is 387 g/mol. The fraction of sp³-hybridized carbons (Fsp3) is 0. The molecule has 0 saturated heterocycles. The molecule has 1 N–H and O–H groups in total. The van der Waals surface area contributed by atoms with Gasteiger partial charge in [-0.05, 0) is 0 Å². The van der Waals surface area contributed by atoms with Crippen molar-refractivity contribution in [3.63, 3.8) is 0 Å². The SMILES string of the molecule is [B][I-]c1ccc(OP(=O)(O)Oc2ccccc2)cc1. The van der Waals surface area contributed by atoms with E-state index in [-0.39, 0.29) is 11.5 Å². The molecule has 19 heavy (non-hydrogen) atoms. The van der Waals surface area contributed by atoms with Gasteiger partial charge in [0, 0.05) is 0 Å². The van der Waals surface area contributed by atoms with Crippen LogP contribution in [0.4, 0.5) is 0 Å². The Morgan fingerprint density at radius 1 is 0.947 bits per heavy atom. The Morgan fingerprint density at radius 3 is 2.00 bits per heavy atom. The normalized spacial score (nSPS) is 13.7. The van der Waals surface area contributed by atoms with Crippen molar-refractivity contribution in [1.29, 1.82) is 0 Å². The van der Waals surface area contributed by atoms with Crippen molar-refractivity contribution in [2.75, 3.05) is 0 Å². The molecule has 0 spiro atoms. The zero-order chi connectivity index (χ0) is 13.7. The molecule has 0 heterocycles. The van der Waals surface area contributed by atoms with Crippen molar-refractivity contribution < 1.29 is 39.5 Å². The van der Waals surface area contributed by atoms with E-state index >= 15 is 0 Å². The Hall–Kier alpha value is -0.975. The van der Waals surface area contributed by atoms with E-state index in [1.165, 1.54) is 0 Å². The first-order valence-electron chi connectivity index (χ1n) is 5.30. The first kappa shape index (κ1) is 14.4. The van der Waals surface area contributed by atoms with Gasteiger partial charge in [0.05, 0.1) is 0 Å². The van der Waals surface area contributed by atoms with Crippen LogP contribution in [0.5, 0.6) is 11.5 Å². The van der Waals surface area contributed by atoms with E-state index in [1.54, 1.807) is 54.6 Å². The molecule has 98 valence electrons. The summed E-state index contributed by atoms with van der Waals surface area (Å²) in [6.07, 6.45) is 0. The molecule has 0 aliphatic heterocycles. The third-order valence-corrected chi connectivity index (χ3v) is 4.45. The third-order valence-electron chi connectivity index (χ3n) is 2.12. The van der Waals surface area contributed by atoms with Crippen LogP contribution < -0.4 is 30.0 Å². The number of halogens is 1. The van der Waals surface area contributed by atoms with E-state index in [2.05, 4.69) is 0 Å². The molecule has 0 saturated carbocycles. The fourth-order valence-corrected chi connectivity index (χ4v) is 2.92. The van der Waals surface area contributed by atoms with Gasteiger partial charge in [-0.3, -0.25) is 0 Å². The van der Waals surface area contributed by atoms with Gasteiger partial charge in [-0.1, -0.05) is 0 Å². The molecule has 0 aliphatic rings. The molecule has 1 atom stereocenters. The molecule has 1 unspecified atom stereocenters. The minimum absolute atomic E-state index is 0.267. The molecule has 4 nitrogen and oxygen atoms in total. The summed E-state index contributed by atoms with van der Waals surface area (Å²) in [5.74, 6) is 0.542. The van der Waals surface area contributed by atoms with Crippen LogP contribution in [0.25, 0.3) is 0 Å². The molecular weight excluding hydrogens is 377 g/mol. The van der Waals surface area contributed by atoms with Crippen LogP contribution in [0.1, 0.15) is 0 Å². The first-order chi connectivity index (χ1) is 9.09. The van der Waals surface area contributed by atoms with Crippen LogP contribution >= 0.6 is 7.82 Å². The van der Waals surface area contributed by atoms with E-state index in [9.17, 15) is 9.46 Å². The maximum atomic E-state index is 11.8. The summed E-state index contributed by atoms with van der Waals surface area (Å²) in [5, 5.41) is 0. The molecule has 0 bridgehead atoms. The standard InChI is InChI=1S/C12H10BIO4P/c13-14-10-6-8-12(9-7-10)18-19(15,16)17-11-4-2-1-3-5-11/h1-9H,(H,15,16)/q-1. The summed E-state index contributed by atoms with van der Waals surface area (Å²) in [4.78, 5) is 9.64. The zero-order valence-corrected chi connectivity index (χ0v) is 12.8. The van der Waals surface area contributed by atoms with Gasteiger partial charge in [0.25, 0.3) is 0 Å². The topological polar surface area (TPSA) is 55.8 Å². The second-order valence-corrected chi connectivity index (χ2v) is 6.70. The van der Waals surface area contributed by atoms with E-state index in [1.807, 2.05) is 0 Å². The van der Waals surface area contributed by atoms with Gasteiger partial charge in [-0.25, -0.2) is 0 Å². The van der Waals surface area contributed by atoms with Gasteiger partial charge < -0.3 is 0 Å². The average Bonchev–Trinajstić information content (AvgIpc) is 2.39. The minimum atomic E-state index is -4.18. The van der Waals surface area contributed by atoms with Crippen molar-refractivity contribution in [2.24, 2.45) is 0 Å². The molecular formula is C12H10BIO4P-. The van der Waals surface area contributed by atoms with Gasteiger partial charge in [-0.2, -0.15) is 0 Å². The number of benzene rings is 2. The maximum absolute atomic E-state index is 11.8. The number of rotatable bonds is 5. The van der Waals surface area contributed by atoms with Crippen LogP contribution in [0.2, 0.25) is 0 Å². The van der Waals surface area contributed by atoms with Crippen molar-refractivity contribution in [3.8, 4) is 11.5 Å². The summed E-state index contributed by atoms with van der Waals surface area (Å²) >= 11 is -0.496. The van der Waals surface area contributed by atoms with Crippen LogP contribution in [0.3, 0.4) is 0 Å². The van der Waals surface area contributed by atoms with Gasteiger partial charge in [-0.15, -0.1) is 0 Å². The Kier molecular flexibility index (Phi) is 4.90. The van der Waals surface area contributed by atoms with Gasteiger partial charge >= 0.3 is 123 Å². The van der Waals surface area contributed by atoms with E-state index < -0.39 is 28.8 Å². The van der Waals surface area contributed by atoms with Crippen LogP contribution in [-0.4, -0.2) is 10.6 Å². The fourth-order valence-electron chi connectivity index (χ4n) is 1.33. The Labute approximate surface area is 122 Å². The van der Waals surface area contributed by atoms with Crippen LogP contribution in [-0.2, 0) is 4.57 Å². The number of hydrogen-bond acceptors (Lipinski definition) is 3. The van der Waals surface area contributed by atoms with E-state index in [0.717, 1.165) is 3.57 Å². The summed E-state index contributed by atoms with van der Waals surface area (Å²) in [7, 11) is -4.18. The predicted octanol–water partition coefficient (Wildman–Crippen LogP) is -0.413. The second kappa shape index (κ2) is 6.46. The number of para-hydroxylation sites is 1. The summed E-state index contributed by atoms with van der Waals surface area (Å²) in [6.45, 7) is 0. The summed E-state index contributed by atoms with van der Waals surface area (Å²) in [6, 6.07) is 15.1. The predicted molar refractivity (Wildman–Crippen MR) is 68.4 cm³/mol. The van der Waals surface area contributed by atoms with Gasteiger partial charge in [0.2, 0.25) is 0 Å². The van der Waals surface area contributed by atoms with E-state index in [4.69, 9.17) is 14.8 Å². The van der Waals surface area contributed by atoms with Crippen molar-refractivity contribution >= 4 is 13.5 Å². The second-order valence-electron chi connectivity index (χ2n) is 3.53. The third kappa shape index (κ3) is 4.56. The van der Waals surface area contributed by atoms with Gasteiger partial charge in [0.15, 0.2) is 0 Å². The van der Waals surface area contributed by atoms with Crippen LogP contribution in [0, 0.1) is 3.57 Å². The summed E-state index contributed by atoms with van der Waals surface area (Å²) in [5.41, 5.74) is 5.57. The first-order valence-corrected chi connectivity index (χ1v) is 9.12. The van der Waals surface area contributed by atoms with Crippen LogP contribution in [0.15, 0.2) is 54.6 Å². The molecule has 0 aliphatic carbocycles. The molecule has 7 heteroatoms. The number of phosphoric acid groups is 1. The number of phosphoric ester groups is 1. The Morgan fingerprint density at radius 2 is 1.47 bits per heavy atom. The molecule has 0 aromatic heterocycles. The molecule has 2 aromatic rings. The monoisotopic (exact) mass is 387 g/mol. The quantitative estimate of drug-likeness (QED) is 0.431. The molecule has 0 amide bonds. The van der Waals surface area contributed by atoms with E-state index in [0.29, 0.717) is 0 Å². The molecule has 2 radical (unpaired) electrons. The molecule has 0 fully saturated rings. The summed E-state index contributed by atoms with van der Waals surface area (Å²) < 4.78 is 22.7. The molecule has 2 aromatic carbocycles. The van der Waals surface area contributed by atoms with Crippen molar-refractivity contribution in [2.45, 2.75) is 0 Å². The molecule has 2 rings (SSSR count). The Balaban J connectivity index is 2.06. The van der Waals surface area contributed by atoms with Gasteiger partial charge in [0.1, 0.15) is 0 Å². The number of hydrogen-bond donors (Lipinski definition) is 1. The van der Waals surface area contributed by atoms with Crippen molar-refractivity contribution in [3.05, 3.63) is 58.2 Å².